The minimum Gasteiger partial charge on any atom is -0.491 e. The molecular formula is C26H26N6O6. The molecule has 5 heterocycles. The number of amidine groups is 1. The third-order valence-electron chi connectivity index (χ3n) is 6.93. The summed E-state index contributed by atoms with van der Waals surface area (Å²) in [5, 5.41) is 2.87. The summed E-state index contributed by atoms with van der Waals surface area (Å²) >= 11 is 0. The minimum absolute atomic E-state index is 0.0758. The van der Waals surface area contributed by atoms with E-state index in [1.807, 2.05) is 11.0 Å². The van der Waals surface area contributed by atoms with Crippen LogP contribution >= 0.6 is 0 Å². The average Bonchev–Trinajstić information content (AvgIpc) is 3.67. The molecule has 2 bridgehead atoms. The number of nitrogens with one attached hydrogen (secondary N) is 1. The van der Waals surface area contributed by atoms with Crippen molar-refractivity contribution < 1.29 is 28.6 Å². The van der Waals surface area contributed by atoms with Gasteiger partial charge in [-0.25, -0.2) is 9.79 Å². The Bertz CT molecular complexity index is 1360. The van der Waals surface area contributed by atoms with Crippen molar-refractivity contribution in [2.45, 2.75) is 31.4 Å². The van der Waals surface area contributed by atoms with Crippen LogP contribution < -0.4 is 14.8 Å². The summed E-state index contributed by atoms with van der Waals surface area (Å²) in [6.45, 7) is 1.90. The van der Waals surface area contributed by atoms with Crippen molar-refractivity contribution in [1.82, 2.24) is 20.1 Å². The number of aromatic nitrogens is 1. The van der Waals surface area contributed by atoms with E-state index in [1.165, 1.54) is 13.3 Å². The second-order valence-electron chi connectivity index (χ2n) is 9.29. The summed E-state index contributed by atoms with van der Waals surface area (Å²) in [6.07, 6.45) is 4.23. The van der Waals surface area contributed by atoms with Crippen LogP contribution in [0.1, 0.15) is 35.2 Å². The molecule has 4 aliphatic heterocycles. The Kier molecular flexibility index (Phi) is 6.14. The topological polar surface area (TPSA) is 135 Å². The van der Waals surface area contributed by atoms with Gasteiger partial charge in [-0.2, -0.15) is 0 Å². The Morgan fingerprint density at radius 1 is 1.26 bits per heavy atom. The number of amides is 2. The Balaban J connectivity index is 1.16. The molecule has 2 aromatic rings. The molecule has 4 aliphatic rings. The number of carbonyl (C=O) groups is 3. The lowest BCUT2D eigenvalue weighted by molar-refractivity contribution is -0.157. The van der Waals surface area contributed by atoms with Gasteiger partial charge in [0.2, 0.25) is 11.9 Å². The van der Waals surface area contributed by atoms with Crippen molar-refractivity contribution in [3.63, 3.8) is 0 Å². The van der Waals surface area contributed by atoms with E-state index in [1.54, 1.807) is 29.3 Å². The summed E-state index contributed by atoms with van der Waals surface area (Å²) in [4.78, 5) is 54.0. The van der Waals surface area contributed by atoms with Crippen LogP contribution in [-0.2, 0) is 14.3 Å². The van der Waals surface area contributed by atoms with Crippen LogP contribution in [0, 0.1) is 0 Å². The summed E-state index contributed by atoms with van der Waals surface area (Å²) in [5.74, 6) is 1.21. The maximum absolute atomic E-state index is 12.8. The molecule has 2 saturated heterocycles. The zero-order valence-electron chi connectivity index (χ0n) is 20.8. The number of methoxy groups -OCH3 is 1. The fourth-order valence-electron chi connectivity index (χ4n) is 5.15. The summed E-state index contributed by atoms with van der Waals surface area (Å²) in [7, 11) is 1.53. The molecular weight excluding hydrogens is 492 g/mol. The molecule has 0 saturated carbocycles. The first-order valence-corrected chi connectivity index (χ1v) is 12.5. The quantitative estimate of drug-likeness (QED) is 0.428. The van der Waals surface area contributed by atoms with Crippen LogP contribution in [-0.4, -0.2) is 89.9 Å². The number of esters is 1. The number of pyridine rings is 1. The molecule has 12 nitrogen and oxygen atoms in total. The number of hydrogen-bond donors (Lipinski definition) is 1. The van der Waals surface area contributed by atoms with E-state index >= 15 is 0 Å². The third kappa shape index (κ3) is 4.21. The molecule has 1 N–H and O–H groups in total. The maximum atomic E-state index is 12.8. The van der Waals surface area contributed by atoms with Gasteiger partial charge < -0.3 is 19.1 Å². The van der Waals surface area contributed by atoms with Gasteiger partial charge in [-0.15, -0.1) is 0 Å². The number of guanidine groups is 1. The summed E-state index contributed by atoms with van der Waals surface area (Å²) < 4.78 is 16.8. The van der Waals surface area contributed by atoms with Crippen molar-refractivity contribution in [2.75, 3.05) is 33.4 Å². The SMILES string of the molecule is COc1c(OCCCC(=O)N2C[C@@H]3C[C@H]2C(=O)O3)ccc2c1N=C(NC(=O)c1cccnc1)N1CCN=C21. The highest BCUT2D eigenvalue weighted by Gasteiger charge is 2.48. The van der Waals surface area contributed by atoms with E-state index in [0.717, 1.165) is 5.56 Å². The lowest BCUT2D eigenvalue weighted by Crippen LogP contribution is -2.47. The number of morpholine rings is 1. The molecule has 0 spiro atoms. The Labute approximate surface area is 218 Å². The Morgan fingerprint density at radius 2 is 2.16 bits per heavy atom. The minimum atomic E-state index is -0.446. The highest BCUT2D eigenvalue weighted by molar-refractivity contribution is 6.20. The van der Waals surface area contributed by atoms with Gasteiger partial charge in [0.15, 0.2) is 11.5 Å². The van der Waals surface area contributed by atoms with Crippen molar-refractivity contribution in [3.8, 4) is 11.5 Å². The van der Waals surface area contributed by atoms with Crippen molar-refractivity contribution >= 4 is 35.3 Å². The molecule has 0 aliphatic carbocycles. The summed E-state index contributed by atoms with van der Waals surface area (Å²) in [6, 6.07) is 6.58. The largest absolute Gasteiger partial charge is 0.491 e. The van der Waals surface area contributed by atoms with Gasteiger partial charge in [-0.3, -0.25) is 29.8 Å². The number of carbonyl (C=O) groups excluding carboxylic acids is 3. The number of ether oxygens (including phenoxy) is 3. The average molecular weight is 519 g/mol. The number of likely N-dealkylation sites (tertiary alicyclic amines) is 1. The van der Waals surface area contributed by atoms with Crippen molar-refractivity contribution in [3.05, 3.63) is 47.8 Å². The predicted octanol–water partition coefficient (Wildman–Crippen LogP) is 1.27. The van der Waals surface area contributed by atoms with E-state index in [2.05, 4.69) is 15.3 Å². The highest BCUT2D eigenvalue weighted by atomic mass is 16.6. The lowest BCUT2D eigenvalue weighted by atomic mass is 10.1. The second-order valence-corrected chi connectivity index (χ2v) is 9.29. The molecule has 38 heavy (non-hydrogen) atoms. The number of rotatable bonds is 7. The van der Waals surface area contributed by atoms with Gasteiger partial charge in [0.05, 0.1) is 32.4 Å². The molecule has 1 aromatic heterocycles. The first-order chi connectivity index (χ1) is 18.5. The van der Waals surface area contributed by atoms with E-state index in [-0.39, 0.29) is 36.9 Å². The molecule has 2 atom stereocenters. The van der Waals surface area contributed by atoms with Gasteiger partial charge in [0, 0.05) is 37.3 Å². The number of hydrogen-bond acceptors (Lipinski definition) is 10. The zero-order valence-corrected chi connectivity index (χ0v) is 20.8. The van der Waals surface area contributed by atoms with Crippen molar-refractivity contribution in [2.24, 2.45) is 9.98 Å². The zero-order chi connectivity index (χ0) is 26.2. The highest BCUT2D eigenvalue weighted by Crippen LogP contribution is 2.43. The number of fused-ring (bicyclic) bond motifs is 5. The number of aliphatic imine (C=N–C) groups is 2. The van der Waals surface area contributed by atoms with Crippen LogP contribution in [0.5, 0.6) is 11.5 Å². The van der Waals surface area contributed by atoms with Crippen LogP contribution in [0.3, 0.4) is 0 Å². The van der Waals surface area contributed by atoms with Crippen LogP contribution in [0.2, 0.25) is 0 Å². The molecule has 12 heteroatoms. The van der Waals surface area contributed by atoms with Gasteiger partial charge in [0.1, 0.15) is 23.7 Å². The first-order valence-electron chi connectivity index (χ1n) is 12.5. The monoisotopic (exact) mass is 518 g/mol. The van der Waals surface area contributed by atoms with Crippen molar-refractivity contribution in [1.29, 1.82) is 0 Å². The standard InChI is InChI=1S/C26H26N6O6/c1-36-22-19(37-11-3-5-20(33)32-14-16-12-18(32)25(35)38-16)7-6-17-21(22)29-26(31-10-9-28-23(17)31)30-24(34)15-4-2-8-27-13-15/h2,4,6-8,13,16,18H,3,5,9-12,14H2,1H3,(H,29,30,34)/t16-,18-/m0/s1. The van der Waals surface area contributed by atoms with Crippen LogP contribution in [0.25, 0.3) is 0 Å². The molecule has 2 fully saturated rings. The van der Waals surface area contributed by atoms with Gasteiger partial charge in [-0.1, -0.05) is 0 Å². The van der Waals surface area contributed by atoms with Crippen LogP contribution in [0.15, 0.2) is 46.6 Å². The molecule has 0 unspecified atom stereocenters. The van der Waals surface area contributed by atoms with E-state index in [4.69, 9.17) is 19.2 Å². The van der Waals surface area contributed by atoms with Crippen LogP contribution in [0.4, 0.5) is 5.69 Å². The van der Waals surface area contributed by atoms with E-state index in [9.17, 15) is 14.4 Å². The Morgan fingerprint density at radius 3 is 2.92 bits per heavy atom. The third-order valence-corrected chi connectivity index (χ3v) is 6.93. The Hall–Kier alpha value is -4.48. The molecule has 196 valence electrons. The number of nitrogens with zero attached hydrogens (tertiary/aromatic N) is 5. The second kappa shape index (κ2) is 9.77. The molecule has 0 radical (unpaired) electrons. The predicted molar refractivity (Wildman–Crippen MR) is 135 cm³/mol. The maximum Gasteiger partial charge on any atom is 0.329 e. The van der Waals surface area contributed by atoms with Gasteiger partial charge >= 0.3 is 5.97 Å². The molecule has 2 amide bonds. The molecule has 6 rings (SSSR count). The van der Waals surface area contributed by atoms with E-state index < -0.39 is 6.04 Å². The lowest BCUT2D eigenvalue weighted by Gasteiger charge is -2.28. The van der Waals surface area contributed by atoms with Gasteiger partial charge in [-0.05, 0) is 30.7 Å². The first kappa shape index (κ1) is 23.9. The smallest absolute Gasteiger partial charge is 0.329 e. The normalized spacial score (nSPS) is 20.8. The van der Waals surface area contributed by atoms with E-state index in [0.29, 0.717) is 67.0 Å². The molecule has 1 aromatic carbocycles. The number of benzene rings is 1. The fourth-order valence-corrected chi connectivity index (χ4v) is 5.15. The van der Waals surface area contributed by atoms with Gasteiger partial charge in [0.25, 0.3) is 5.91 Å². The summed E-state index contributed by atoms with van der Waals surface area (Å²) in [5.41, 5.74) is 1.69. The fraction of sp³-hybridized carbons (Fsp3) is 0.385.